The summed E-state index contributed by atoms with van der Waals surface area (Å²) in [6.07, 6.45) is 0. The molecule has 0 aliphatic carbocycles. The molecule has 0 bridgehead atoms. The van der Waals surface area contributed by atoms with Crippen molar-refractivity contribution in [3.8, 4) is 0 Å². The highest BCUT2D eigenvalue weighted by Gasteiger charge is 2.05. The molecule has 0 aliphatic heterocycles. The Labute approximate surface area is 119 Å². The van der Waals surface area contributed by atoms with E-state index in [2.05, 4.69) is 47.1 Å². The molecule has 92 valence electrons. The first-order valence-electron chi connectivity index (χ1n) is 5.45. The fourth-order valence-corrected chi connectivity index (χ4v) is 2.92. The maximum Gasteiger partial charge on any atom is 0.122 e. The van der Waals surface area contributed by atoms with Gasteiger partial charge in [-0.05, 0) is 47.1 Å². The molecule has 3 N–H and O–H groups in total. The van der Waals surface area contributed by atoms with Crippen LogP contribution in [0, 0.1) is 12.3 Å². The van der Waals surface area contributed by atoms with E-state index in [1.54, 1.807) is 11.8 Å². The van der Waals surface area contributed by atoms with Crippen molar-refractivity contribution in [2.24, 2.45) is 5.73 Å². The minimum Gasteiger partial charge on any atom is -0.384 e. The van der Waals surface area contributed by atoms with Gasteiger partial charge in [0.2, 0.25) is 0 Å². The van der Waals surface area contributed by atoms with Gasteiger partial charge in [-0.25, -0.2) is 0 Å². The lowest BCUT2D eigenvalue weighted by atomic mass is 10.2. The maximum atomic E-state index is 7.40. The molecule has 0 spiro atoms. The Morgan fingerprint density at radius 3 is 2.39 bits per heavy atom. The van der Waals surface area contributed by atoms with Crippen molar-refractivity contribution in [1.29, 1.82) is 5.41 Å². The summed E-state index contributed by atoms with van der Waals surface area (Å²) in [5.41, 5.74) is 7.44. The molecule has 0 amide bonds. The standard InChI is InChI=1S/C14H13BrN2S/c1-9-2-5-11(6-3-9)18-13-7-4-10(14(16)17)8-12(13)15/h2-8H,1H3,(H3,16,17). The summed E-state index contributed by atoms with van der Waals surface area (Å²) < 4.78 is 0.959. The monoisotopic (exact) mass is 320 g/mol. The van der Waals surface area contributed by atoms with Crippen LogP contribution < -0.4 is 5.73 Å². The van der Waals surface area contributed by atoms with Crippen LogP contribution in [-0.2, 0) is 0 Å². The highest BCUT2D eigenvalue weighted by molar-refractivity contribution is 9.10. The number of rotatable bonds is 3. The van der Waals surface area contributed by atoms with Crippen molar-refractivity contribution in [2.45, 2.75) is 16.7 Å². The molecule has 2 nitrogen and oxygen atoms in total. The third kappa shape index (κ3) is 3.15. The molecule has 0 fully saturated rings. The topological polar surface area (TPSA) is 49.9 Å². The molecule has 0 saturated heterocycles. The number of halogens is 1. The van der Waals surface area contributed by atoms with Gasteiger partial charge in [-0.1, -0.05) is 35.5 Å². The van der Waals surface area contributed by atoms with E-state index in [0.717, 1.165) is 14.9 Å². The number of nitrogens with one attached hydrogen (secondary N) is 1. The summed E-state index contributed by atoms with van der Waals surface area (Å²) in [5.74, 6) is 0.0857. The van der Waals surface area contributed by atoms with Gasteiger partial charge in [0.25, 0.3) is 0 Å². The van der Waals surface area contributed by atoms with Gasteiger partial charge in [-0.15, -0.1) is 0 Å². The van der Waals surface area contributed by atoms with Gasteiger partial charge in [0.05, 0.1) is 0 Å². The Balaban J connectivity index is 2.24. The van der Waals surface area contributed by atoms with Crippen LogP contribution in [0.3, 0.4) is 0 Å². The zero-order valence-electron chi connectivity index (χ0n) is 9.91. The zero-order valence-corrected chi connectivity index (χ0v) is 12.3. The van der Waals surface area contributed by atoms with Crippen LogP contribution in [0.25, 0.3) is 0 Å². The van der Waals surface area contributed by atoms with E-state index in [0.29, 0.717) is 0 Å². The Morgan fingerprint density at radius 1 is 1.17 bits per heavy atom. The van der Waals surface area contributed by atoms with E-state index in [9.17, 15) is 0 Å². The van der Waals surface area contributed by atoms with E-state index < -0.39 is 0 Å². The summed E-state index contributed by atoms with van der Waals surface area (Å²) in [5, 5.41) is 7.40. The smallest absolute Gasteiger partial charge is 0.122 e. The lowest BCUT2D eigenvalue weighted by Gasteiger charge is -2.06. The first-order chi connectivity index (χ1) is 8.56. The number of hydrogen-bond donors (Lipinski definition) is 2. The Kier molecular flexibility index (Phi) is 4.09. The van der Waals surface area contributed by atoms with Crippen LogP contribution in [0.1, 0.15) is 11.1 Å². The number of aryl methyl sites for hydroxylation is 1. The first kappa shape index (κ1) is 13.2. The second kappa shape index (κ2) is 5.59. The average molecular weight is 321 g/mol. The second-order valence-corrected chi connectivity index (χ2v) is 5.94. The molecule has 2 aromatic carbocycles. The molecule has 4 heteroatoms. The molecule has 0 atom stereocenters. The molecule has 0 radical (unpaired) electrons. The van der Waals surface area contributed by atoms with Crippen molar-refractivity contribution in [3.63, 3.8) is 0 Å². The van der Waals surface area contributed by atoms with Crippen molar-refractivity contribution in [1.82, 2.24) is 0 Å². The quantitative estimate of drug-likeness (QED) is 0.658. The fourth-order valence-electron chi connectivity index (χ4n) is 1.48. The van der Waals surface area contributed by atoms with Crippen molar-refractivity contribution < 1.29 is 0 Å². The molecule has 0 aromatic heterocycles. The lowest BCUT2D eigenvalue weighted by Crippen LogP contribution is -2.10. The minimum absolute atomic E-state index is 0.0857. The molecule has 0 unspecified atom stereocenters. The number of nitrogen functional groups attached to an aromatic ring is 1. The molecular weight excluding hydrogens is 308 g/mol. The van der Waals surface area contributed by atoms with Crippen molar-refractivity contribution in [3.05, 3.63) is 58.1 Å². The van der Waals surface area contributed by atoms with E-state index in [1.165, 1.54) is 10.5 Å². The normalized spacial score (nSPS) is 10.3. The average Bonchev–Trinajstić information content (AvgIpc) is 2.34. The Hall–Kier alpha value is -1.26. The van der Waals surface area contributed by atoms with Crippen LogP contribution in [0.5, 0.6) is 0 Å². The molecule has 0 aliphatic rings. The SMILES string of the molecule is Cc1ccc(Sc2ccc(C(=N)N)cc2Br)cc1. The number of benzene rings is 2. The minimum atomic E-state index is 0.0857. The number of amidine groups is 1. The van der Waals surface area contributed by atoms with E-state index in [4.69, 9.17) is 11.1 Å². The van der Waals surface area contributed by atoms with Crippen LogP contribution in [0.2, 0.25) is 0 Å². The zero-order chi connectivity index (χ0) is 13.1. The molecule has 2 rings (SSSR count). The van der Waals surface area contributed by atoms with Crippen molar-refractivity contribution in [2.75, 3.05) is 0 Å². The maximum absolute atomic E-state index is 7.40. The van der Waals surface area contributed by atoms with Gasteiger partial charge in [0.15, 0.2) is 0 Å². The molecule has 2 aromatic rings. The van der Waals surface area contributed by atoms with Crippen LogP contribution in [0.4, 0.5) is 0 Å². The van der Waals surface area contributed by atoms with Gasteiger partial charge in [-0.3, -0.25) is 5.41 Å². The number of hydrogen-bond acceptors (Lipinski definition) is 2. The molecular formula is C14H13BrN2S. The molecule has 0 heterocycles. The first-order valence-corrected chi connectivity index (χ1v) is 7.05. The van der Waals surface area contributed by atoms with Crippen molar-refractivity contribution >= 4 is 33.5 Å². The fraction of sp³-hybridized carbons (Fsp3) is 0.0714. The van der Waals surface area contributed by atoms with E-state index >= 15 is 0 Å². The third-order valence-corrected chi connectivity index (χ3v) is 4.49. The van der Waals surface area contributed by atoms with E-state index in [-0.39, 0.29) is 5.84 Å². The van der Waals surface area contributed by atoms with Crippen LogP contribution in [-0.4, -0.2) is 5.84 Å². The van der Waals surface area contributed by atoms with Gasteiger partial charge in [-0.2, -0.15) is 0 Å². The van der Waals surface area contributed by atoms with Gasteiger partial charge in [0.1, 0.15) is 5.84 Å². The third-order valence-electron chi connectivity index (χ3n) is 2.49. The van der Waals surface area contributed by atoms with E-state index in [1.807, 2.05) is 18.2 Å². The highest BCUT2D eigenvalue weighted by atomic mass is 79.9. The molecule has 18 heavy (non-hydrogen) atoms. The second-order valence-electron chi connectivity index (χ2n) is 3.97. The predicted molar refractivity (Wildman–Crippen MR) is 80.5 cm³/mol. The summed E-state index contributed by atoms with van der Waals surface area (Å²) in [6, 6.07) is 14.1. The van der Waals surface area contributed by atoms with Gasteiger partial charge >= 0.3 is 0 Å². The van der Waals surface area contributed by atoms with Crippen LogP contribution in [0.15, 0.2) is 56.7 Å². The van der Waals surface area contributed by atoms with Crippen LogP contribution >= 0.6 is 27.7 Å². The summed E-state index contributed by atoms with van der Waals surface area (Å²) in [6.45, 7) is 2.08. The largest absolute Gasteiger partial charge is 0.384 e. The van der Waals surface area contributed by atoms with Gasteiger partial charge in [0, 0.05) is 19.8 Å². The predicted octanol–water partition coefficient (Wildman–Crippen LogP) is 4.19. The summed E-state index contributed by atoms with van der Waals surface area (Å²) in [7, 11) is 0. The Morgan fingerprint density at radius 2 is 1.83 bits per heavy atom. The number of nitrogens with two attached hydrogens (primary N) is 1. The summed E-state index contributed by atoms with van der Waals surface area (Å²) in [4.78, 5) is 2.31. The highest BCUT2D eigenvalue weighted by Crippen LogP contribution is 2.34. The summed E-state index contributed by atoms with van der Waals surface area (Å²) >= 11 is 5.20. The Bertz CT molecular complexity index is 579. The lowest BCUT2D eigenvalue weighted by molar-refractivity contribution is 1.33. The molecule has 0 saturated carbocycles. The van der Waals surface area contributed by atoms with Gasteiger partial charge < -0.3 is 5.73 Å².